The first-order valence-corrected chi connectivity index (χ1v) is 9.48. The normalized spacial score (nSPS) is 16.6. The summed E-state index contributed by atoms with van der Waals surface area (Å²) in [4.78, 5) is 19.6. The number of amides is 1. The lowest BCUT2D eigenvalue weighted by Crippen LogP contribution is -2.30. The molecule has 3 aromatic carbocycles. The number of likely N-dealkylation sites (tertiary alicyclic amines) is 1. The predicted octanol–water partition coefficient (Wildman–Crippen LogP) is 4.87. The zero-order valence-electron chi connectivity index (χ0n) is 15.3. The van der Waals surface area contributed by atoms with Gasteiger partial charge in [0.1, 0.15) is 6.04 Å². The Balaban J connectivity index is 1.43. The number of aromatic nitrogens is 2. The molecule has 1 unspecified atom stereocenters. The van der Waals surface area contributed by atoms with Crippen LogP contribution in [0.2, 0.25) is 0 Å². The Labute approximate surface area is 162 Å². The van der Waals surface area contributed by atoms with Crippen LogP contribution < -0.4 is 0 Å². The van der Waals surface area contributed by atoms with Gasteiger partial charge in [0.2, 0.25) is 11.7 Å². The summed E-state index contributed by atoms with van der Waals surface area (Å²) in [5, 5.41) is 6.30. The standard InChI is InChI=1S/C23H19N3O2/c27-23(19-13-12-16-7-4-5-10-18(16)15-19)26-14-6-11-20(26)22-24-21(25-28-22)17-8-2-1-3-9-17/h1-5,7-10,12-13,15,20H,6,11,14H2. The molecule has 5 rings (SSSR count). The lowest BCUT2D eigenvalue weighted by atomic mass is 10.1. The van der Waals surface area contributed by atoms with Crippen LogP contribution >= 0.6 is 0 Å². The highest BCUT2D eigenvalue weighted by Gasteiger charge is 2.34. The van der Waals surface area contributed by atoms with Crippen LogP contribution in [0.4, 0.5) is 0 Å². The van der Waals surface area contributed by atoms with Gasteiger partial charge in [-0.2, -0.15) is 4.98 Å². The van der Waals surface area contributed by atoms with Crippen LogP contribution in [-0.4, -0.2) is 27.5 Å². The van der Waals surface area contributed by atoms with Crippen LogP contribution in [0.15, 0.2) is 77.3 Å². The van der Waals surface area contributed by atoms with Gasteiger partial charge in [-0.3, -0.25) is 4.79 Å². The van der Waals surface area contributed by atoms with Crippen molar-refractivity contribution in [1.82, 2.24) is 15.0 Å². The number of carbonyl (C=O) groups excluding carboxylic acids is 1. The molecular weight excluding hydrogens is 350 g/mol. The summed E-state index contributed by atoms with van der Waals surface area (Å²) in [6.45, 7) is 0.694. The Hall–Kier alpha value is -3.47. The van der Waals surface area contributed by atoms with E-state index in [9.17, 15) is 4.79 Å². The van der Waals surface area contributed by atoms with Crippen LogP contribution in [0, 0.1) is 0 Å². The summed E-state index contributed by atoms with van der Waals surface area (Å²) >= 11 is 0. The van der Waals surface area contributed by atoms with Crippen molar-refractivity contribution >= 4 is 16.7 Å². The molecule has 1 atom stereocenters. The van der Waals surface area contributed by atoms with Crippen molar-refractivity contribution in [3.8, 4) is 11.4 Å². The molecule has 1 fully saturated rings. The van der Waals surface area contributed by atoms with E-state index in [1.54, 1.807) is 0 Å². The molecule has 1 amide bonds. The van der Waals surface area contributed by atoms with E-state index in [0.29, 0.717) is 23.8 Å². The Morgan fingerprint density at radius 1 is 0.964 bits per heavy atom. The number of fused-ring (bicyclic) bond motifs is 1. The third-order valence-corrected chi connectivity index (χ3v) is 5.27. The van der Waals surface area contributed by atoms with Gasteiger partial charge in [-0.25, -0.2) is 0 Å². The van der Waals surface area contributed by atoms with Crippen molar-refractivity contribution in [3.63, 3.8) is 0 Å². The number of hydrogen-bond donors (Lipinski definition) is 0. The highest BCUT2D eigenvalue weighted by molar-refractivity contribution is 5.98. The molecule has 4 aromatic rings. The van der Waals surface area contributed by atoms with E-state index in [1.165, 1.54) is 0 Å². The molecule has 0 N–H and O–H groups in total. The van der Waals surface area contributed by atoms with Crippen LogP contribution in [0.3, 0.4) is 0 Å². The predicted molar refractivity (Wildman–Crippen MR) is 107 cm³/mol. The smallest absolute Gasteiger partial charge is 0.254 e. The van der Waals surface area contributed by atoms with Crippen LogP contribution in [0.1, 0.15) is 35.1 Å². The molecule has 1 aromatic heterocycles. The number of nitrogens with zero attached hydrogens (tertiary/aromatic N) is 3. The third kappa shape index (κ3) is 2.95. The van der Waals surface area contributed by atoms with Crippen molar-refractivity contribution in [2.24, 2.45) is 0 Å². The van der Waals surface area contributed by atoms with E-state index in [-0.39, 0.29) is 11.9 Å². The van der Waals surface area contributed by atoms with E-state index >= 15 is 0 Å². The van der Waals surface area contributed by atoms with Crippen molar-refractivity contribution in [2.45, 2.75) is 18.9 Å². The van der Waals surface area contributed by atoms with Crippen LogP contribution in [-0.2, 0) is 0 Å². The molecule has 0 radical (unpaired) electrons. The minimum Gasteiger partial charge on any atom is -0.337 e. The van der Waals surface area contributed by atoms with E-state index in [2.05, 4.69) is 10.1 Å². The zero-order valence-corrected chi connectivity index (χ0v) is 15.3. The van der Waals surface area contributed by atoms with Gasteiger partial charge < -0.3 is 9.42 Å². The molecule has 5 nitrogen and oxygen atoms in total. The Morgan fingerprint density at radius 3 is 2.61 bits per heavy atom. The average molecular weight is 369 g/mol. The summed E-state index contributed by atoms with van der Waals surface area (Å²) in [5.74, 6) is 1.07. The molecule has 0 saturated carbocycles. The molecule has 1 saturated heterocycles. The average Bonchev–Trinajstić information content (AvgIpc) is 3.43. The second-order valence-corrected chi connectivity index (χ2v) is 7.04. The lowest BCUT2D eigenvalue weighted by molar-refractivity contribution is 0.0710. The lowest BCUT2D eigenvalue weighted by Gasteiger charge is -2.22. The van der Waals surface area contributed by atoms with Crippen LogP contribution in [0.5, 0.6) is 0 Å². The molecule has 0 aliphatic carbocycles. The molecule has 0 bridgehead atoms. The monoisotopic (exact) mass is 369 g/mol. The molecule has 0 spiro atoms. The number of rotatable bonds is 3. The van der Waals surface area contributed by atoms with Gasteiger partial charge in [0.15, 0.2) is 0 Å². The van der Waals surface area contributed by atoms with Crippen LogP contribution in [0.25, 0.3) is 22.2 Å². The second kappa shape index (κ2) is 6.93. The van der Waals surface area contributed by atoms with Crippen molar-refractivity contribution in [3.05, 3.63) is 84.3 Å². The van der Waals surface area contributed by atoms with Gasteiger partial charge in [-0.15, -0.1) is 0 Å². The van der Waals surface area contributed by atoms with Gasteiger partial charge in [0, 0.05) is 17.7 Å². The summed E-state index contributed by atoms with van der Waals surface area (Å²) in [6, 6.07) is 23.4. The summed E-state index contributed by atoms with van der Waals surface area (Å²) < 4.78 is 5.53. The molecular formula is C23H19N3O2. The Kier molecular flexibility index (Phi) is 4.13. The first-order valence-electron chi connectivity index (χ1n) is 9.48. The van der Waals surface area contributed by atoms with E-state index in [1.807, 2.05) is 77.7 Å². The maximum atomic E-state index is 13.2. The Bertz CT molecular complexity index is 1140. The first-order chi connectivity index (χ1) is 13.8. The van der Waals surface area contributed by atoms with E-state index in [0.717, 1.165) is 29.2 Å². The van der Waals surface area contributed by atoms with E-state index < -0.39 is 0 Å². The molecule has 5 heteroatoms. The quantitative estimate of drug-likeness (QED) is 0.517. The second-order valence-electron chi connectivity index (χ2n) is 7.04. The van der Waals surface area contributed by atoms with Gasteiger partial charge in [-0.05, 0) is 35.7 Å². The summed E-state index contributed by atoms with van der Waals surface area (Å²) in [5.41, 5.74) is 1.59. The minimum absolute atomic E-state index is 0.00714. The summed E-state index contributed by atoms with van der Waals surface area (Å²) in [7, 11) is 0. The van der Waals surface area contributed by atoms with Crippen molar-refractivity contribution in [1.29, 1.82) is 0 Å². The zero-order chi connectivity index (χ0) is 18.9. The fraction of sp³-hybridized carbons (Fsp3) is 0.174. The number of carbonyl (C=O) groups is 1. The highest BCUT2D eigenvalue weighted by Crippen LogP contribution is 2.33. The fourth-order valence-electron chi connectivity index (χ4n) is 3.83. The molecule has 1 aliphatic heterocycles. The molecule has 138 valence electrons. The summed E-state index contributed by atoms with van der Waals surface area (Å²) in [6.07, 6.45) is 1.75. The maximum Gasteiger partial charge on any atom is 0.254 e. The van der Waals surface area contributed by atoms with E-state index in [4.69, 9.17) is 4.52 Å². The first kappa shape index (κ1) is 16.7. The molecule has 28 heavy (non-hydrogen) atoms. The van der Waals surface area contributed by atoms with Gasteiger partial charge in [0.25, 0.3) is 5.91 Å². The largest absolute Gasteiger partial charge is 0.337 e. The minimum atomic E-state index is -0.177. The van der Waals surface area contributed by atoms with Crippen molar-refractivity contribution < 1.29 is 9.32 Å². The van der Waals surface area contributed by atoms with Crippen molar-refractivity contribution in [2.75, 3.05) is 6.54 Å². The highest BCUT2D eigenvalue weighted by atomic mass is 16.5. The fourth-order valence-corrected chi connectivity index (χ4v) is 3.83. The third-order valence-electron chi connectivity index (χ3n) is 5.27. The number of benzene rings is 3. The van der Waals surface area contributed by atoms with Gasteiger partial charge in [0.05, 0.1) is 0 Å². The number of hydrogen-bond acceptors (Lipinski definition) is 4. The molecule has 2 heterocycles. The SMILES string of the molecule is O=C(c1ccc2ccccc2c1)N1CCCC1c1nc(-c2ccccc2)no1. The van der Waals surface area contributed by atoms with Gasteiger partial charge >= 0.3 is 0 Å². The topological polar surface area (TPSA) is 59.2 Å². The van der Waals surface area contributed by atoms with Gasteiger partial charge in [-0.1, -0.05) is 65.8 Å². The Morgan fingerprint density at radius 2 is 1.75 bits per heavy atom. The molecule has 1 aliphatic rings. The maximum absolute atomic E-state index is 13.2.